The predicted octanol–water partition coefficient (Wildman–Crippen LogP) is 2.63. The molecule has 1 fully saturated rings. The van der Waals surface area contributed by atoms with Crippen LogP contribution in [0, 0.1) is 0 Å². The fraction of sp³-hybridized carbons (Fsp3) is 0.500. The van der Waals surface area contributed by atoms with Gasteiger partial charge in [0, 0.05) is 19.0 Å². The molecule has 2 nitrogen and oxygen atoms in total. The van der Waals surface area contributed by atoms with Crippen LogP contribution < -0.4 is 0 Å². The monoisotopic (exact) mass is 217 g/mol. The van der Waals surface area contributed by atoms with E-state index in [-0.39, 0.29) is 6.04 Å². The van der Waals surface area contributed by atoms with Crippen LogP contribution in [-0.2, 0) is 11.3 Å². The third-order valence-electron chi connectivity index (χ3n) is 3.55. The van der Waals surface area contributed by atoms with E-state index in [9.17, 15) is 4.79 Å². The van der Waals surface area contributed by atoms with E-state index in [0.717, 1.165) is 19.4 Å². The fourth-order valence-corrected chi connectivity index (χ4v) is 2.38. The van der Waals surface area contributed by atoms with E-state index >= 15 is 0 Å². The average molecular weight is 217 g/mol. The minimum atomic E-state index is 0.0731. The molecule has 1 aromatic rings. The van der Waals surface area contributed by atoms with Crippen LogP contribution in [0.3, 0.4) is 0 Å². The average Bonchev–Trinajstić information content (AvgIpc) is 2.31. The number of carbonyl (C=O) groups is 1. The van der Waals surface area contributed by atoms with E-state index in [4.69, 9.17) is 0 Å². The van der Waals surface area contributed by atoms with Gasteiger partial charge in [-0.3, -0.25) is 9.69 Å². The first kappa shape index (κ1) is 11.3. The second-order valence-corrected chi connectivity index (χ2v) is 4.69. The first-order valence-corrected chi connectivity index (χ1v) is 6.01. The molecule has 16 heavy (non-hydrogen) atoms. The Morgan fingerprint density at radius 3 is 2.62 bits per heavy atom. The van der Waals surface area contributed by atoms with Gasteiger partial charge in [0.2, 0.25) is 0 Å². The zero-order valence-electron chi connectivity index (χ0n) is 10.0. The summed E-state index contributed by atoms with van der Waals surface area (Å²) < 4.78 is 0. The highest BCUT2D eigenvalue weighted by Gasteiger charge is 2.30. The minimum absolute atomic E-state index is 0.0731. The Balaban J connectivity index is 2.10. The van der Waals surface area contributed by atoms with Crippen LogP contribution in [0.2, 0.25) is 0 Å². The van der Waals surface area contributed by atoms with Crippen molar-refractivity contribution in [2.75, 3.05) is 0 Å². The Hall–Kier alpha value is -1.15. The van der Waals surface area contributed by atoms with Crippen molar-refractivity contribution < 1.29 is 4.79 Å². The molecule has 1 aliphatic heterocycles. The summed E-state index contributed by atoms with van der Waals surface area (Å²) in [6, 6.07) is 11.0. The van der Waals surface area contributed by atoms with Crippen LogP contribution in [0.15, 0.2) is 30.3 Å². The quantitative estimate of drug-likeness (QED) is 0.759. The summed E-state index contributed by atoms with van der Waals surface area (Å²) in [6.07, 6.45) is 1.74. The molecule has 0 aromatic heterocycles. The molecular weight excluding hydrogens is 198 g/mol. The Morgan fingerprint density at radius 1 is 1.25 bits per heavy atom. The normalized spacial score (nSPS) is 27.0. The van der Waals surface area contributed by atoms with Gasteiger partial charge in [-0.2, -0.15) is 0 Å². The number of benzene rings is 1. The van der Waals surface area contributed by atoms with Gasteiger partial charge >= 0.3 is 0 Å². The van der Waals surface area contributed by atoms with E-state index in [1.807, 2.05) is 13.0 Å². The Bertz CT molecular complexity index is 360. The van der Waals surface area contributed by atoms with Gasteiger partial charge in [-0.1, -0.05) is 30.3 Å². The van der Waals surface area contributed by atoms with Crippen molar-refractivity contribution in [2.24, 2.45) is 0 Å². The predicted molar refractivity (Wildman–Crippen MR) is 65.2 cm³/mol. The maximum atomic E-state index is 11.7. The number of nitrogens with zero attached hydrogens (tertiary/aromatic N) is 1. The topological polar surface area (TPSA) is 20.3 Å². The van der Waals surface area contributed by atoms with Crippen LogP contribution in [0.25, 0.3) is 0 Å². The Labute approximate surface area is 97.3 Å². The molecule has 1 heterocycles. The van der Waals surface area contributed by atoms with E-state index in [2.05, 4.69) is 36.1 Å². The van der Waals surface area contributed by atoms with Crippen LogP contribution in [0.5, 0.6) is 0 Å². The van der Waals surface area contributed by atoms with Crippen molar-refractivity contribution in [1.29, 1.82) is 0 Å². The van der Waals surface area contributed by atoms with E-state index in [1.54, 1.807) is 0 Å². The molecule has 2 heteroatoms. The molecule has 0 aliphatic carbocycles. The maximum Gasteiger partial charge on any atom is 0.149 e. The van der Waals surface area contributed by atoms with Gasteiger partial charge in [-0.05, 0) is 25.8 Å². The van der Waals surface area contributed by atoms with Crippen LogP contribution in [0.4, 0.5) is 0 Å². The number of hydrogen-bond acceptors (Lipinski definition) is 2. The Morgan fingerprint density at radius 2 is 1.94 bits per heavy atom. The zero-order valence-corrected chi connectivity index (χ0v) is 10.0. The maximum absolute atomic E-state index is 11.7. The van der Waals surface area contributed by atoms with Gasteiger partial charge < -0.3 is 0 Å². The third kappa shape index (κ3) is 2.33. The second kappa shape index (κ2) is 4.79. The van der Waals surface area contributed by atoms with Gasteiger partial charge in [-0.25, -0.2) is 0 Å². The summed E-state index contributed by atoms with van der Waals surface area (Å²) in [6.45, 7) is 5.13. The number of carbonyl (C=O) groups excluding carboxylic acids is 1. The van der Waals surface area contributed by atoms with E-state index < -0.39 is 0 Å². The second-order valence-electron chi connectivity index (χ2n) is 4.69. The summed E-state index contributed by atoms with van der Waals surface area (Å²) >= 11 is 0. The molecule has 2 atom stereocenters. The van der Waals surface area contributed by atoms with E-state index in [1.165, 1.54) is 5.56 Å². The molecular formula is C14H19NO. The smallest absolute Gasteiger partial charge is 0.149 e. The lowest BCUT2D eigenvalue weighted by Crippen LogP contribution is -2.48. The van der Waals surface area contributed by atoms with Crippen molar-refractivity contribution in [2.45, 2.75) is 45.3 Å². The fourth-order valence-electron chi connectivity index (χ4n) is 2.38. The first-order chi connectivity index (χ1) is 7.68. The SMILES string of the molecule is C[C@@H]1CCC(=O)[C@@H](C)N1Cc1ccccc1. The summed E-state index contributed by atoms with van der Waals surface area (Å²) in [5.74, 6) is 0.383. The van der Waals surface area contributed by atoms with Crippen molar-refractivity contribution in [1.82, 2.24) is 4.90 Å². The number of hydrogen-bond donors (Lipinski definition) is 0. The number of rotatable bonds is 2. The van der Waals surface area contributed by atoms with Gasteiger partial charge in [0.25, 0.3) is 0 Å². The number of likely N-dealkylation sites (tertiary alicyclic amines) is 1. The summed E-state index contributed by atoms with van der Waals surface area (Å²) in [5.41, 5.74) is 1.29. The zero-order chi connectivity index (χ0) is 11.5. The molecule has 1 saturated heterocycles. The molecule has 0 radical (unpaired) electrons. The molecule has 1 aromatic carbocycles. The molecule has 86 valence electrons. The number of piperidine rings is 1. The summed E-state index contributed by atoms with van der Waals surface area (Å²) in [4.78, 5) is 14.0. The number of Topliss-reactive ketones (excluding diaryl/α,β-unsaturated/α-hetero) is 1. The van der Waals surface area contributed by atoms with Gasteiger partial charge in [0.15, 0.2) is 0 Å². The lowest BCUT2D eigenvalue weighted by atomic mass is 9.95. The van der Waals surface area contributed by atoms with Crippen molar-refractivity contribution in [3.8, 4) is 0 Å². The van der Waals surface area contributed by atoms with Gasteiger partial charge in [0.05, 0.1) is 6.04 Å². The summed E-state index contributed by atoms with van der Waals surface area (Å²) in [5, 5.41) is 0. The molecule has 0 saturated carbocycles. The highest BCUT2D eigenvalue weighted by atomic mass is 16.1. The van der Waals surface area contributed by atoms with Crippen LogP contribution >= 0.6 is 0 Å². The Kier molecular flexibility index (Phi) is 3.39. The minimum Gasteiger partial charge on any atom is -0.298 e. The van der Waals surface area contributed by atoms with Gasteiger partial charge in [-0.15, -0.1) is 0 Å². The van der Waals surface area contributed by atoms with Crippen molar-refractivity contribution in [3.63, 3.8) is 0 Å². The lowest BCUT2D eigenvalue weighted by Gasteiger charge is -2.37. The highest BCUT2D eigenvalue weighted by molar-refractivity contribution is 5.84. The first-order valence-electron chi connectivity index (χ1n) is 6.01. The van der Waals surface area contributed by atoms with Crippen molar-refractivity contribution in [3.05, 3.63) is 35.9 Å². The molecule has 0 unspecified atom stereocenters. The van der Waals surface area contributed by atoms with Gasteiger partial charge in [0.1, 0.15) is 5.78 Å². The molecule has 2 rings (SSSR count). The summed E-state index contributed by atoms with van der Waals surface area (Å²) in [7, 11) is 0. The largest absolute Gasteiger partial charge is 0.298 e. The molecule has 1 aliphatic rings. The lowest BCUT2D eigenvalue weighted by molar-refractivity contribution is -0.128. The number of ketones is 1. The highest BCUT2D eigenvalue weighted by Crippen LogP contribution is 2.22. The van der Waals surface area contributed by atoms with Crippen molar-refractivity contribution >= 4 is 5.78 Å². The van der Waals surface area contributed by atoms with Crippen LogP contribution in [0.1, 0.15) is 32.3 Å². The van der Waals surface area contributed by atoms with Crippen LogP contribution in [-0.4, -0.2) is 22.8 Å². The molecule has 0 amide bonds. The molecule has 0 bridgehead atoms. The standard InChI is InChI=1S/C14H19NO/c1-11-8-9-14(16)12(2)15(11)10-13-6-4-3-5-7-13/h3-7,11-12H,8-10H2,1-2H3/t11-,12-/m1/s1. The third-order valence-corrected chi connectivity index (χ3v) is 3.55. The molecule has 0 N–H and O–H groups in total. The molecule has 0 spiro atoms. The van der Waals surface area contributed by atoms with E-state index in [0.29, 0.717) is 11.8 Å².